The fraction of sp³-hybridized carbons (Fsp3) is 0.571. The lowest BCUT2D eigenvalue weighted by Crippen LogP contribution is -2.34. The summed E-state index contributed by atoms with van der Waals surface area (Å²) < 4.78 is 0. The van der Waals surface area contributed by atoms with Crippen molar-refractivity contribution in [3.63, 3.8) is 0 Å². The van der Waals surface area contributed by atoms with Crippen LogP contribution in [0.15, 0.2) is 18.2 Å². The van der Waals surface area contributed by atoms with Crippen LogP contribution in [0.25, 0.3) is 0 Å². The zero-order valence-electron chi connectivity index (χ0n) is 10.3. The van der Waals surface area contributed by atoms with Gasteiger partial charge in [0.25, 0.3) is 0 Å². The Hall–Kier alpha value is -0.240. The van der Waals surface area contributed by atoms with Gasteiger partial charge in [-0.2, -0.15) is 0 Å². The molecule has 17 heavy (non-hydrogen) atoms. The lowest BCUT2D eigenvalue weighted by molar-refractivity contribution is 0.396. The molecule has 0 saturated heterocycles. The summed E-state index contributed by atoms with van der Waals surface area (Å²) in [4.78, 5) is 0. The highest BCUT2D eigenvalue weighted by Gasteiger charge is 2.25. The molecule has 2 atom stereocenters. The Kier molecular flexibility index (Phi) is 4.35. The van der Waals surface area contributed by atoms with Gasteiger partial charge in [-0.05, 0) is 43.7 Å². The third kappa shape index (κ3) is 3.61. The molecule has 0 amide bonds. The molecule has 0 spiro atoms. The largest absolute Gasteiger partial charge is 0.311 e. The molecule has 94 valence electrons. The lowest BCUT2D eigenvalue weighted by Gasteiger charge is -2.22. The Labute approximate surface area is 114 Å². The van der Waals surface area contributed by atoms with E-state index in [1.54, 1.807) is 0 Å². The molecular formula is C14H19Cl2N. The van der Waals surface area contributed by atoms with Crippen LogP contribution in [-0.2, 0) is 6.42 Å². The molecule has 1 aromatic carbocycles. The standard InChI is InChI=1S/C14H19Cl2N/c1-9(10(2)17-12-6-7-12)8-11-4-3-5-13(15)14(11)16/h3-5,9-10,12,17H,6-8H2,1-2H3. The van der Waals surface area contributed by atoms with Gasteiger partial charge in [-0.3, -0.25) is 0 Å². The average molecular weight is 272 g/mol. The highest BCUT2D eigenvalue weighted by molar-refractivity contribution is 6.42. The van der Waals surface area contributed by atoms with Gasteiger partial charge in [0.2, 0.25) is 0 Å². The number of rotatable bonds is 5. The lowest BCUT2D eigenvalue weighted by atomic mass is 9.95. The third-order valence-electron chi connectivity index (χ3n) is 3.50. The first-order valence-electron chi connectivity index (χ1n) is 6.27. The van der Waals surface area contributed by atoms with Gasteiger partial charge >= 0.3 is 0 Å². The van der Waals surface area contributed by atoms with E-state index in [1.807, 2.05) is 12.1 Å². The maximum absolute atomic E-state index is 6.21. The van der Waals surface area contributed by atoms with Gasteiger partial charge in [0.05, 0.1) is 10.0 Å². The van der Waals surface area contributed by atoms with Crippen LogP contribution in [0.2, 0.25) is 10.0 Å². The molecule has 2 unspecified atom stereocenters. The first-order valence-corrected chi connectivity index (χ1v) is 7.02. The quantitative estimate of drug-likeness (QED) is 0.842. The molecule has 1 fully saturated rings. The number of hydrogen-bond donors (Lipinski definition) is 1. The maximum Gasteiger partial charge on any atom is 0.0624 e. The van der Waals surface area contributed by atoms with Crippen LogP contribution in [0.4, 0.5) is 0 Å². The van der Waals surface area contributed by atoms with Gasteiger partial charge in [-0.25, -0.2) is 0 Å². The summed E-state index contributed by atoms with van der Waals surface area (Å²) in [6, 6.07) is 7.15. The van der Waals surface area contributed by atoms with Gasteiger partial charge < -0.3 is 5.32 Å². The normalized spacial score (nSPS) is 19.1. The van der Waals surface area contributed by atoms with Crippen LogP contribution in [-0.4, -0.2) is 12.1 Å². The summed E-state index contributed by atoms with van der Waals surface area (Å²) in [7, 11) is 0. The molecule has 1 nitrogen and oxygen atoms in total. The molecule has 0 aromatic heterocycles. The minimum atomic E-state index is 0.526. The van der Waals surface area contributed by atoms with E-state index in [9.17, 15) is 0 Å². The van der Waals surface area contributed by atoms with Crippen molar-refractivity contribution in [2.75, 3.05) is 0 Å². The number of halogens is 2. The van der Waals surface area contributed by atoms with Crippen LogP contribution in [0.3, 0.4) is 0 Å². The first kappa shape index (κ1) is 13.2. The van der Waals surface area contributed by atoms with E-state index in [1.165, 1.54) is 12.8 Å². The fourth-order valence-corrected chi connectivity index (χ4v) is 2.41. The highest BCUT2D eigenvalue weighted by Crippen LogP contribution is 2.28. The van der Waals surface area contributed by atoms with E-state index < -0.39 is 0 Å². The molecule has 0 aliphatic heterocycles. The summed E-state index contributed by atoms with van der Waals surface area (Å²) in [5.74, 6) is 0.562. The Morgan fingerprint density at radius 2 is 2.00 bits per heavy atom. The Balaban J connectivity index is 1.96. The molecule has 0 radical (unpaired) electrons. The molecule has 0 heterocycles. The van der Waals surface area contributed by atoms with E-state index in [0.717, 1.165) is 18.0 Å². The van der Waals surface area contributed by atoms with Crippen LogP contribution >= 0.6 is 23.2 Å². The van der Waals surface area contributed by atoms with Gasteiger partial charge in [0, 0.05) is 12.1 Å². The minimum absolute atomic E-state index is 0.526. The summed E-state index contributed by atoms with van der Waals surface area (Å²) in [6.07, 6.45) is 3.63. The molecule has 0 bridgehead atoms. The van der Waals surface area contributed by atoms with Crippen molar-refractivity contribution < 1.29 is 0 Å². The van der Waals surface area contributed by atoms with E-state index in [-0.39, 0.29) is 0 Å². The maximum atomic E-state index is 6.21. The predicted octanol–water partition coefficient (Wildman–Crippen LogP) is 4.31. The molecule has 1 N–H and O–H groups in total. The summed E-state index contributed by atoms with van der Waals surface area (Å²) in [5.41, 5.74) is 1.15. The predicted molar refractivity (Wildman–Crippen MR) is 74.9 cm³/mol. The van der Waals surface area contributed by atoms with Crippen LogP contribution in [0.1, 0.15) is 32.3 Å². The van der Waals surface area contributed by atoms with Gasteiger partial charge in [0.1, 0.15) is 0 Å². The molecule has 1 aliphatic carbocycles. The first-order chi connectivity index (χ1) is 8.08. The van der Waals surface area contributed by atoms with Gasteiger partial charge in [-0.15, -0.1) is 0 Å². The number of nitrogens with one attached hydrogen (secondary N) is 1. The zero-order chi connectivity index (χ0) is 12.4. The van der Waals surface area contributed by atoms with Crippen LogP contribution in [0.5, 0.6) is 0 Å². The highest BCUT2D eigenvalue weighted by atomic mass is 35.5. The zero-order valence-corrected chi connectivity index (χ0v) is 11.9. The van der Waals surface area contributed by atoms with Crippen molar-refractivity contribution in [3.8, 4) is 0 Å². The van der Waals surface area contributed by atoms with Crippen molar-refractivity contribution in [2.24, 2.45) is 5.92 Å². The van der Waals surface area contributed by atoms with Crippen molar-refractivity contribution in [3.05, 3.63) is 33.8 Å². The smallest absolute Gasteiger partial charge is 0.0624 e. The number of hydrogen-bond acceptors (Lipinski definition) is 1. The molecule has 1 aliphatic rings. The van der Waals surface area contributed by atoms with E-state index in [0.29, 0.717) is 22.0 Å². The summed E-state index contributed by atoms with van der Waals surface area (Å²) >= 11 is 12.2. The van der Waals surface area contributed by atoms with E-state index >= 15 is 0 Å². The molecule has 1 saturated carbocycles. The van der Waals surface area contributed by atoms with Crippen molar-refractivity contribution in [1.29, 1.82) is 0 Å². The third-order valence-corrected chi connectivity index (χ3v) is 4.36. The van der Waals surface area contributed by atoms with E-state index in [4.69, 9.17) is 23.2 Å². The second-order valence-corrected chi connectivity index (χ2v) is 5.91. The SMILES string of the molecule is CC(Cc1cccc(Cl)c1Cl)C(C)NC1CC1. The van der Waals surface area contributed by atoms with Crippen LogP contribution in [0, 0.1) is 5.92 Å². The molecule has 1 aromatic rings. The molecule has 2 rings (SSSR count). The number of benzene rings is 1. The van der Waals surface area contributed by atoms with Crippen molar-refractivity contribution in [1.82, 2.24) is 5.32 Å². The second kappa shape index (κ2) is 5.60. The van der Waals surface area contributed by atoms with Gasteiger partial charge in [0.15, 0.2) is 0 Å². The Bertz CT molecular complexity index is 388. The van der Waals surface area contributed by atoms with Crippen molar-refractivity contribution in [2.45, 2.75) is 45.2 Å². The second-order valence-electron chi connectivity index (χ2n) is 5.12. The van der Waals surface area contributed by atoms with Gasteiger partial charge in [-0.1, -0.05) is 42.3 Å². The topological polar surface area (TPSA) is 12.0 Å². The average Bonchev–Trinajstić information content (AvgIpc) is 3.08. The molecule has 3 heteroatoms. The minimum Gasteiger partial charge on any atom is -0.311 e. The van der Waals surface area contributed by atoms with Crippen LogP contribution < -0.4 is 5.32 Å². The van der Waals surface area contributed by atoms with Crippen molar-refractivity contribution >= 4 is 23.2 Å². The molecular weight excluding hydrogens is 253 g/mol. The van der Waals surface area contributed by atoms with E-state index in [2.05, 4.69) is 25.2 Å². The Morgan fingerprint density at radius 1 is 1.29 bits per heavy atom. The Morgan fingerprint density at radius 3 is 2.65 bits per heavy atom. The monoisotopic (exact) mass is 271 g/mol. The summed E-state index contributed by atoms with van der Waals surface area (Å²) in [5, 5.41) is 4.99. The fourth-order valence-electron chi connectivity index (χ4n) is 2.02. The summed E-state index contributed by atoms with van der Waals surface area (Å²) in [6.45, 7) is 4.51.